The van der Waals surface area contributed by atoms with Crippen LogP contribution in [0, 0.1) is 5.82 Å². The topological polar surface area (TPSA) is 168 Å². The first-order valence-corrected chi connectivity index (χ1v) is 13.4. The van der Waals surface area contributed by atoms with Crippen LogP contribution in [0.2, 0.25) is 0 Å². The van der Waals surface area contributed by atoms with Gasteiger partial charge >= 0.3 is 5.97 Å². The van der Waals surface area contributed by atoms with Gasteiger partial charge in [-0.25, -0.2) is 4.39 Å². The molecule has 4 aromatic rings. The van der Waals surface area contributed by atoms with E-state index in [4.69, 9.17) is 24.3 Å². The van der Waals surface area contributed by atoms with Crippen LogP contribution < -0.4 is 15.8 Å². The maximum absolute atomic E-state index is 15.0. The summed E-state index contributed by atoms with van der Waals surface area (Å²) in [5.41, 5.74) is 5.18. The summed E-state index contributed by atoms with van der Waals surface area (Å²) in [5, 5.41) is 10.6. The molecule has 2 heterocycles. The largest absolute Gasteiger partial charge is 0.481 e. The maximum atomic E-state index is 15.0. The van der Waals surface area contributed by atoms with Gasteiger partial charge in [-0.3, -0.25) is 9.59 Å². The van der Waals surface area contributed by atoms with Gasteiger partial charge < -0.3 is 29.6 Å². The number of hydrogen-bond donors (Lipinski definition) is 2. The molecular weight excluding hydrogens is 547 g/mol. The van der Waals surface area contributed by atoms with Gasteiger partial charge in [-0.15, -0.1) is 0 Å². The zero-order chi connectivity index (χ0) is 30.4. The van der Waals surface area contributed by atoms with Gasteiger partial charge in [0.05, 0.1) is 17.6 Å². The molecule has 0 aliphatic heterocycles. The molecule has 1 unspecified atom stereocenters. The summed E-state index contributed by atoms with van der Waals surface area (Å²) in [5.74, 6) is 0.0447. The van der Waals surface area contributed by atoms with E-state index in [1.54, 1.807) is 26.0 Å². The second-order valence-electron chi connectivity index (χ2n) is 10.5. The molecule has 2 aromatic carbocycles. The summed E-state index contributed by atoms with van der Waals surface area (Å²) >= 11 is 0. The maximum Gasteiger partial charge on any atom is 0.319 e. The van der Waals surface area contributed by atoms with E-state index in [2.05, 4.69) is 25.6 Å². The highest BCUT2D eigenvalue weighted by Crippen LogP contribution is 2.28. The van der Waals surface area contributed by atoms with Crippen LogP contribution >= 0.6 is 0 Å². The first-order valence-electron chi connectivity index (χ1n) is 13.4. The molecule has 0 saturated heterocycles. The quantitative estimate of drug-likeness (QED) is 0.225. The molecule has 1 atom stereocenters. The minimum atomic E-state index is -0.949. The van der Waals surface area contributed by atoms with Crippen LogP contribution in [0.3, 0.4) is 0 Å². The van der Waals surface area contributed by atoms with E-state index in [1.165, 1.54) is 12.1 Å². The third-order valence-corrected chi connectivity index (χ3v) is 6.10. The lowest BCUT2D eigenvalue weighted by atomic mass is 10.0. The number of nitrogens with one attached hydrogen (secondary N) is 1. The average molecular weight is 581 g/mol. The summed E-state index contributed by atoms with van der Waals surface area (Å²) in [6, 6.07) is 11.2. The Labute approximate surface area is 241 Å². The van der Waals surface area contributed by atoms with Crippen molar-refractivity contribution >= 4 is 11.9 Å². The Morgan fingerprint density at radius 3 is 2.21 bits per heavy atom. The van der Waals surface area contributed by atoms with Crippen molar-refractivity contribution in [1.29, 1.82) is 0 Å². The standard InChI is InChI=1S/C29H33FN6O6/c1-6-22(40-19-10-7-17(8-11-19)24-32-27(16(2)3)41-35-24)28-33-25(36-42-28)18-9-12-20(21(30)13-18)26(38)34-29(4,5)15-39-23(37)14-31/h7-13,16,22H,6,14-15,31H2,1-5H3,(H,34,38). The highest BCUT2D eigenvalue weighted by molar-refractivity contribution is 5.95. The van der Waals surface area contributed by atoms with Crippen LogP contribution in [0.15, 0.2) is 51.5 Å². The Balaban J connectivity index is 1.42. The minimum absolute atomic E-state index is 0.122. The van der Waals surface area contributed by atoms with Crippen LogP contribution in [0.25, 0.3) is 22.8 Å². The van der Waals surface area contributed by atoms with Gasteiger partial charge in [0, 0.05) is 17.0 Å². The predicted octanol–water partition coefficient (Wildman–Crippen LogP) is 4.59. The highest BCUT2D eigenvalue weighted by Gasteiger charge is 2.26. The van der Waals surface area contributed by atoms with E-state index in [0.29, 0.717) is 29.4 Å². The molecular formula is C29H33FN6O6. The van der Waals surface area contributed by atoms with Crippen molar-refractivity contribution in [3.05, 3.63) is 65.6 Å². The molecule has 42 heavy (non-hydrogen) atoms. The molecule has 1 amide bonds. The summed E-state index contributed by atoms with van der Waals surface area (Å²) in [4.78, 5) is 32.8. The van der Waals surface area contributed by atoms with E-state index >= 15 is 0 Å². The lowest BCUT2D eigenvalue weighted by Crippen LogP contribution is -2.48. The first-order chi connectivity index (χ1) is 20.0. The van der Waals surface area contributed by atoms with Crippen LogP contribution in [0.1, 0.15) is 75.2 Å². The molecule has 2 aromatic heterocycles. The Kier molecular flexibility index (Phi) is 9.31. The van der Waals surface area contributed by atoms with E-state index < -0.39 is 29.3 Å². The molecule has 3 N–H and O–H groups in total. The van der Waals surface area contributed by atoms with Gasteiger partial charge in [0.2, 0.25) is 17.5 Å². The van der Waals surface area contributed by atoms with E-state index in [9.17, 15) is 14.0 Å². The molecule has 4 rings (SSSR count). The summed E-state index contributed by atoms with van der Waals surface area (Å²) in [6.45, 7) is 8.73. The van der Waals surface area contributed by atoms with Crippen LogP contribution in [0.4, 0.5) is 4.39 Å². The number of benzene rings is 2. The van der Waals surface area contributed by atoms with E-state index in [1.807, 2.05) is 32.9 Å². The van der Waals surface area contributed by atoms with Crippen molar-refractivity contribution in [2.45, 2.75) is 58.6 Å². The van der Waals surface area contributed by atoms with Crippen molar-refractivity contribution in [2.75, 3.05) is 13.2 Å². The van der Waals surface area contributed by atoms with Gasteiger partial charge in [-0.2, -0.15) is 9.97 Å². The normalized spacial score (nSPS) is 12.3. The highest BCUT2D eigenvalue weighted by atomic mass is 19.1. The summed E-state index contributed by atoms with van der Waals surface area (Å²) in [6.07, 6.45) is -0.0316. The molecule has 0 radical (unpaired) electrons. The van der Waals surface area contributed by atoms with Crippen molar-refractivity contribution < 1.29 is 32.5 Å². The van der Waals surface area contributed by atoms with Crippen LogP contribution in [-0.2, 0) is 9.53 Å². The van der Waals surface area contributed by atoms with E-state index in [0.717, 1.165) is 11.6 Å². The fraction of sp³-hybridized carbons (Fsp3) is 0.379. The van der Waals surface area contributed by atoms with Gasteiger partial charge in [0.25, 0.3) is 11.8 Å². The Morgan fingerprint density at radius 1 is 1.00 bits per heavy atom. The van der Waals surface area contributed by atoms with Gasteiger partial charge in [-0.1, -0.05) is 37.2 Å². The number of ether oxygens (including phenoxy) is 2. The molecule has 0 spiro atoms. The number of hydrogen-bond acceptors (Lipinski definition) is 11. The number of aromatic nitrogens is 4. The molecule has 0 aliphatic carbocycles. The average Bonchev–Trinajstić information content (AvgIpc) is 3.66. The monoisotopic (exact) mass is 580 g/mol. The van der Waals surface area contributed by atoms with Crippen LogP contribution in [0.5, 0.6) is 5.75 Å². The number of nitrogens with two attached hydrogens (primary N) is 1. The predicted molar refractivity (Wildman–Crippen MR) is 149 cm³/mol. The zero-order valence-corrected chi connectivity index (χ0v) is 24.0. The second-order valence-corrected chi connectivity index (χ2v) is 10.5. The SMILES string of the molecule is CCC(Oc1ccc(-c2noc(C(C)C)n2)cc1)c1nc(-c2ccc(C(=O)NC(C)(C)COC(=O)CN)c(F)c2)no1. The van der Waals surface area contributed by atoms with Crippen molar-refractivity contribution in [1.82, 2.24) is 25.6 Å². The van der Waals surface area contributed by atoms with Gasteiger partial charge in [0.15, 0.2) is 6.10 Å². The molecule has 0 bridgehead atoms. The van der Waals surface area contributed by atoms with Crippen LogP contribution in [-0.4, -0.2) is 50.8 Å². The number of rotatable bonds is 12. The second kappa shape index (κ2) is 12.9. The smallest absolute Gasteiger partial charge is 0.319 e. The fourth-order valence-corrected chi connectivity index (χ4v) is 3.79. The molecule has 222 valence electrons. The number of nitrogens with zero attached hydrogens (tertiary/aromatic N) is 4. The summed E-state index contributed by atoms with van der Waals surface area (Å²) in [7, 11) is 0. The lowest BCUT2D eigenvalue weighted by molar-refractivity contribution is -0.143. The third kappa shape index (κ3) is 7.35. The minimum Gasteiger partial charge on any atom is -0.481 e. The number of carbonyl (C=O) groups excluding carboxylic acids is 2. The summed E-state index contributed by atoms with van der Waals surface area (Å²) < 4.78 is 36.7. The van der Waals surface area contributed by atoms with E-state index in [-0.39, 0.29) is 36.3 Å². The number of amides is 1. The molecule has 0 saturated carbocycles. The number of esters is 1. The molecule has 0 aliphatic rings. The van der Waals surface area contributed by atoms with Gasteiger partial charge in [0.1, 0.15) is 18.2 Å². The van der Waals surface area contributed by atoms with Crippen molar-refractivity contribution in [3.63, 3.8) is 0 Å². The molecule has 13 heteroatoms. The Bertz CT molecular complexity index is 1530. The molecule has 12 nitrogen and oxygen atoms in total. The van der Waals surface area contributed by atoms with Crippen molar-refractivity contribution in [3.8, 4) is 28.5 Å². The Hall–Kier alpha value is -4.65. The van der Waals surface area contributed by atoms with Crippen molar-refractivity contribution in [2.24, 2.45) is 5.73 Å². The number of carbonyl (C=O) groups is 2. The fourth-order valence-electron chi connectivity index (χ4n) is 3.79. The number of halogens is 1. The zero-order valence-electron chi connectivity index (χ0n) is 24.0. The third-order valence-electron chi connectivity index (χ3n) is 6.10. The van der Waals surface area contributed by atoms with Gasteiger partial charge in [-0.05, 0) is 56.7 Å². The Morgan fingerprint density at radius 2 is 1.62 bits per heavy atom. The lowest BCUT2D eigenvalue weighted by Gasteiger charge is -2.25. The molecule has 0 fully saturated rings. The first kappa shape index (κ1) is 30.3.